The number of aryl methyl sites for hydroxylation is 1. The third-order valence-corrected chi connectivity index (χ3v) is 12.6. The van der Waals surface area contributed by atoms with Crippen molar-refractivity contribution < 1.29 is 13.9 Å². The number of carbonyl (C=O) groups is 1. The molecule has 2 fully saturated rings. The lowest BCUT2D eigenvalue weighted by Crippen LogP contribution is -2.40. The molecule has 1 aliphatic heterocycles. The highest BCUT2D eigenvalue weighted by Gasteiger charge is 2.41. The number of ketones is 1. The van der Waals surface area contributed by atoms with Gasteiger partial charge in [0.15, 0.2) is 0 Å². The summed E-state index contributed by atoms with van der Waals surface area (Å²) in [6.45, 7) is 55.0. The molecule has 398 valence electrons. The van der Waals surface area contributed by atoms with Crippen molar-refractivity contribution in [3.8, 4) is 0 Å². The fraction of sp³-hybridized carbons (Fsp3) is 0.688. The van der Waals surface area contributed by atoms with E-state index >= 15 is 0 Å². The lowest BCUT2D eigenvalue weighted by molar-refractivity contribution is -0.129. The second-order valence-corrected chi connectivity index (χ2v) is 21.5. The quantitative estimate of drug-likeness (QED) is 0.0931. The van der Waals surface area contributed by atoms with Gasteiger partial charge in [-0.15, -0.1) is 0 Å². The van der Waals surface area contributed by atoms with Crippen LogP contribution in [-0.2, 0) is 14.9 Å². The number of hydrogen-bond donors (Lipinski definition) is 1. The van der Waals surface area contributed by atoms with Gasteiger partial charge in [0, 0.05) is 23.7 Å². The number of allylic oxidation sites excluding steroid dienone is 8. The molecule has 1 aromatic carbocycles. The highest BCUT2D eigenvalue weighted by atomic mass is 19.1. The summed E-state index contributed by atoms with van der Waals surface area (Å²) >= 11 is 0. The van der Waals surface area contributed by atoms with Crippen LogP contribution in [0, 0.1) is 41.9 Å². The van der Waals surface area contributed by atoms with Gasteiger partial charge in [-0.2, -0.15) is 0 Å². The Labute approximate surface area is 429 Å². The van der Waals surface area contributed by atoms with Crippen LogP contribution < -0.4 is 5.32 Å². The molecule has 1 unspecified atom stereocenters. The molecular weight excluding hydrogens is 848 g/mol. The second-order valence-electron chi connectivity index (χ2n) is 21.5. The van der Waals surface area contributed by atoms with Gasteiger partial charge in [0.05, 0.1) is 30.0 Å². The van der Waals surface area contributed by atoms with Crippen LogP contribution in [0.1, 0.15) is 245 Å². The summed E-state index contributed by atoms with van der Waals surface area (Å²) in [5.74, 6) is 3.79. The summed E-state index contributed by atoms with van der Waals surface area (Å²) in [5.41, 5.74) is 6.94. The molecule has 69 heavy (non-hydrogen) atoms. The van der Waals surface area contributed by atoms with Crippen molar-refractivity contribution >= 4 is 17.6 Å². The van der Waals surface area contributed by atoms with Gasteiger partial charge in [-0.05, 0) is 142 Å². The van der Waals surface area contributed by atoms with Gasteiger partial charge in [-0.3, -0.25) is 9.79 Å². The lowest BCUT2D eigenvalue weighted by Gasteiger charge is -2.36. The van der Waals surface area contributed by atoms with Gasteiger partial charge < -0.3 is 10.1 Å². The maximum Gasteiger partial charge on any atom is 0.146 e. The largest absolute Gasteiger partial charge is 0.381 e. The van der Waals surface area contributed by atoms with Crippen LogP contribution in [0.15, 0.2) is 89.1 Å². The summed E-state index contributed by atoms with van der Waals surface area (Å²) in [6.07, 6.45) is 24.9. The maximum absolute atomic E-state index is 14.4. The maximum atomic E-state index is 14.4. The Morgan fingerprint density at radius 1 is 0.899 bits per heavy atom. The Hall–Kier alpha value is -3.31. The molecule has 0 spiro atoms. The molecule has 0 aromatic heterocycles. The van der Waals surface area contributed by atoms with Crippen molar-refractivity contribution in [2.24, 2.45) is 40.0 Å². The first-order valence-corrected chi connectivity index (χ1v) is 27.7. The summed E-state index contributed by atoms with van der Waals surface area (Å²) in [4.78, 5) is 18.5. The zero-order valence-electron chi connectivity index (χ0n) is 49.4. The van der Waals surface area contributed by atoms with Crippen LogP contribution in [0.25, 0.3) is 5.57 Å². The first kappa shape index (κ1) is 69.9. The number of ether oxygens (including phenoxy) is 1. The van der Waals surface area contributed by atoms with Crippen molar-refractivity contribution in [3.05, 3.63) is 101 Å². The SMILES string of the molecule is C=C/C(F)=C(\C=C/C)N/C(C)=C(C)/C(=C\C(=C)c1ccc(C(CCC)(CCC)C(=O)C(C)CC)c(C)c1)N=CCC.CC(C)C.CC1COC1.CCC.CCCC(C)(C)CC.CCCC1CC(C)C1. The highest BCUT2D eigenvalue weighted by molar-refractivity contribution is 5.92. The molecule has 1 heterocycles. The predicted molar refractivity (Wildman–Crippen MR) is 310 cm³/mol. The van der Waals surface area contributed by atoms with Crippen molar-refractivity contribution in [2.75, 3.05) is 13.2 Å². The number of hydrogen-bond acceptors (Lipinski definition) is 4. The number of Topliss-reactive ketones (excluding diaryl/α,β-unsaturated/α-hetero) is 1. The van der Waals surface area contributed by atoms with Crippen molar-refractivity contribution in [1.29, 1.82) is 0 Å². The zero-order chi connectivity index (χ0) is 53.8. The lowest BCUT2D eigenvalue weighted by atomic mass is 9.65. The average Bonchev–Trinajstić information content (AvgIpc) is 3.28. The Morgan fingerprint density at radius 2 is 1.42 bits per heavy atom. The fourth-order valence-corrected chi connectivity index (χ4v) is 8.23. The molecule has 0 bridgehead atoms. The van der Waals surface area contributed by atoms with E-state index in [4.69, 9.17) is 9.73 Å². The van der Waals surface area contributed by atoms with E-state index in [0.29, 0.717) is 16.9 Å². The molecule has 3 rings (SSSR count). The minimum atomic E-state index is -0.462. The van der Waals surface area contributed by atoms with Gasteiger partial charge in [-0.1, -0.05) is 200 Å². The summed E-state index contributed by atoms with van der Waals surface area (Å²) in [5, 5.41) is 3.17. The van der Waals surface area contributed by atoms with E-state index in [0.717, 1.165) is 115 Å². The average molecular weight is 962 g/mol. The molecule has 5 heteroatoms. The molecule has 2 aliphatic rings. The van der Waals surface area contributed by atoms with Crippen LogP contribution in [0.5, 0.6) is 0 Å². The first-order valence-electron chi connectivity index (χ1n) is 27.7. The van der Waals surface area contributed by atoms with E-state index in [-0.39, 0.29) is 5.92 Å². The monoisotopic (exact) mass is 961 g/mol. The third-order valence-electron chi connectivity index (χ3n) is 12.6. The topological polar surface area (TPSA) is 50.7 Å². The molecule has 0 amide bonds. The molecular formula is C64H113FN2O2. The van der Waals surface area contributed by atoms with Gasteiger partial charge in [0.1, 0.15) is 11.6 Å². The van der Waals surface area contributed by atoms with Crippen LogP contribution >= 0.6 is 0 Å². The van der Waals surface area contributed by atoms with Gasteiger partial charge in [0.25, 0.3) is 0 Å². The molecule has 1 atom stereocenters. The molecule has 1 saturated carbocycles. The molecule has 4 nitrogen and oxygen atoms in total. The zero-order valence-corrected chi connectivity index (χ0v) is 49.4. The number of aliphatic imine (C=N–C) groups is 1. The van der Waals surface area contributed by atoms with Crippen LogP contribution in [0.2, 0.25) is 0 Å². The number of nitrogens with one attached hydrogen (secondary N) is 1. The van der Waals surface area contributed by atoms with E-state index in [1.807, 2.05) is 40.0 Å². The Morgan fingerprint density at radius 3 is 1.77 bits per heavy atom. The number of rotatable bonds is 22. The van der Waals surface area contributed by atoms with Crippen LogP contribution in [0.3, 0.4) is 0 Å². The number of carbonyl (C=O) groups excluding carboxylic acids is 1. The standard InChI is InChI=1S/C37H53FN2O.C8H16.C8H18.C4H8O.C4H10.C3H8/c1-12-18-34(33(38)17-6)40-30(11)29(10)35(39-23-15-4)25-27(8)31-19-20-32(28(9)24-31)37(21-13-2,22-14-3)36(41)26(7)16-5;1-3-4-8-5-7(2)6-8;1-5-7-8(3,4)6-2;1-4-2-5-3-4;1-4(2)3;1-3-2/h12,17-20,23-26,40H,6,8,13-16,21-22H2,1-5,7,9-11H3;7-8H,3-6H2,1-2H3;5-7H2,1-4H3;4H,2-3H2,1H3;4H,1-3H3;3H2,1-2H3/b18-12-,30-29+,34-33-,35-25+,39-23?;;;;;. The van der Waals surface area contributed by atoms with E-state index in [9.17, 15) is 9.18 Å². The first-order chi connectivity index (χ1) is 32.5. The minimum absolute atomic E-state index is 0.0267. The highest BCUT2D eigenvalue weighted by Crippen LogP contribution is 2.41. The Kier molecular flexibility index (Phi) is 40.9. The third kappa shape index (κ3) is 29.6. The summed E-state index contributed by atoms with van der Waals surface area (Å²) < 4.78 is 19.2. The van der Waals surface area contributed by atoms with Gasteiger partial charge >= 0.3 is 0 Å². The normalized spacial score (nSPS) is 17.0. The van der Waals surface area contributed by atoms with E-state index < -0.39 is 11.2 Å². The van der Waals surface area contributed by atoms with Crippen molar-refractivity contribution in [3.63, 3.8) is 0 Å². The van der Waals surface area contributed by atoms with Crippen LogP contribution in [0.4, 0.5) is 4.39 Å². The minimum Gasteiger partial charge on any atom is -0.381 e. The predicted octanol–water partition coefficient (Wildman–Crippen LogP) is 20.4. The van der Waals surface area contributed by atoms with E-state index in [2.05, 4.69) is 154 Å². The molecule has 1 aliphatic carbocycles. The van der Waals surface area contributed by atoms with Crippen molar-refractivity contribution in [1.82, 2.24) is 5.32 Å². The van der Waals surface area contributed by atoms with Gasteiger partial charge in [0.2, 0.25) is 0 Å². The molecule has 1 N–H and O–H groups in total. The number of halogens is 1. The molecule has 0 radical (unpaired) electrons. The Bertz CT molecular complexity index is 1680. The van der Waals surface area contributed by atoms with Gasteiger partial charge in [-0.25, -0.2) is 4.39 Å². The fourth-order valence-electron chi connectivity index (χ4n) is 8.23. The Balaban J connectivity index is -0.00000123. The summed E-state index contributed by atoms with van der Waals surface area (Å²) in [6, 6.07) is 6.38. The molecule has 1 aromatic rings. The van der Waals surface area contributed by atoms with Crippen LogP contribution in [-0.4, -0.2) is 25.2 Å². The number of benzene rings is 1. The second kappa shape index (κ2) is 40.3. The van der Waals surface area contributed by atoms with E-state index in [1.54, 1.807) is 12.2 Å². The van der Waals surface area contributed by atoms with Crippen molar-refractivity contribution in [2.45, 2.75) is 241 Å². The molecule has 1 saturated heterocycles. The summed E-state index contributed by atoms with van der Waals surface area (Å²) in [7, 11) is 0. The smallest absolute Gasteiger partial charge is 0.146 e. The number of nitrogens with zero attached hydrogens (tertiary/aromatic N) is 1. The van der Waals surface area contributed by atoms with E-state index in [1.165, 1.54) is 57.4 Å².